The Balaban J connectivity index is 2.22. The molecule has 0 fully saturated rings. The van der Waals surface area contributed by atoms with Gasteiger partial charge in [0, 0.05) is 29.0 Å². The third-order valence-corrected chi connectivity index (χ3v) is 3.59. The molecule has 0 aliphatic heterocycles. The van der Waals surface area contributed by atoms with E-state index in [0.29, 0.717) is 29.0 Å². The summed E-state index contributed by atoms with van der Waals surface area (Å²) in [6.07, 6.45) is 0. The largest absolute Gasteiger partial charge is 0.333 e. The minimum atomic E-state index is -0.446. The molecule has 110 valence electrons. The van der Waals surface area contributed by atoms with Crippen molar-refractivity contribution in [1.82, 2.24) is 4.90 Å². The zero-order chi connectivity index (χ0) is 15.2. The Bertz CT molecular complexity index is 601. The highest BCUT2D eigenvalue weighted by Gasteiger charge is 2.17. The van der Waals surface area contributed by atoms with Gasteiger partial charge in [0.05, 0.1) is 0 Å². The number of carbonyl (C=O) groups excluding carboxylic acids is 1. The SMILES string of the molecule is O=C(c1cc(F)cc(Br)c1)N(CCCl)Cc1ccccc1. The number of alkyl halides is 1. The Labute approximate surface area is 136 Å². The van der Waals surface area contributed by atoms with Crippen molar-refractivity contribution >= 4 is 33.4 Å². The van der Waals surface area contributed by atoms with Gasteiger partial charge in [-0.3, -0.25) is 4.79 Å². The van der Waals surface area contributed by atoms with Crippen LogP contribution in [0.4, 0.5) is 4.39 Å². The van der Waals surface area contributed by atoms with Crippen molar-refractivity contribution in [2.75, 3.05) is 12.4 Å². The predicted molar refractivity (Wildman–Crippen MR) is 86.0 cm³/mol. The molecule has 0 saturated carbocycles. The second-order valence-corrected chi connectivity index (χ2v) is 5.85. The van der Waals surface area contributed by atoms with Gasteiger partial charge in [0.1, 0.15) is 5.82 Å². The molecule has 0 atom stereocenters. The molecule has 2 aromatic rings. The smallest absolute Gasteiger partial charge is 0.254 e. The zero-order valence-electron chi connectivity index (χ0n) is 11.2. The first-order valence-corrected chi connectivity index (χ1v) is 7.78. The molecule has 2 rings (SSSR count). The van der Waals surface area contributed by atoms with Crippen LogP contribution in [0.2, 0.25) is 0 Å². The molecule has 0 unspecified atom stereocenters. The summed E-state index contributed by atoms with van der Waals surface area (Å²) in [6.45, 7) is 0.851. The lowest BCUT2D eigenvalue weighted by atomic mass is 10.1. The number of amides is 1. The van der Waals surface area contributed by atoms with Gasteiger partial charge in [-0.15, -0.1) is 11.6 Å². The van der Waals surface area contributed by atoms with E-state index >= 15 is 0 Å². The summed E-state index contributed by atoms with van der Waals surface area (Å²) in [4.78, 5) is 14.1. The molecule has 5 heteroatoms. The van der Waals surface area contributed by atoms with Crippen LogP contribution in [0.3, 0.4) is 0 Å². The van der Waals surface area contributed by atoms with Crippen molar-refractivity contribution < 1.29 is 9.18 Å². The summed E-state index contributed by atoms with van der Waals surface area (Å²) in [5.74, 6) is -0.354. The molecule has 0 heterocycles. The van der Waals surface area contributed by atoms with E-state index in [0.717, 1.165) is 5.56 Å². The molecular formula is C16H14BrClFNO. The van der Waals surface area contributed by atoms with Crippen LogP contribution in [0.25, 0.3) is 0 Å². The normalized spacial score (nSPS) is 10.4. The maximum atomic E-state index is 13.4. The fourth-order valence-electron chi connectivity index (χ4n) is 2.02. The molecule has 0 bridgehead atoms. The third-order valence-electron chi connectivity index (χ3n) is 2.97. The van der Waals surface area contributed by atoms with E-state index < -0.39 is 5.82 Å². The summed E-state index contributed by atoms with van der Waals surface area (Å²) < 4.78 is 14.0. The third kappa shape index (κ3) is 4.55. The first-order chi connectivity index (χ1) is 10.1. The van der Waals surface area contributed by atoms with Crippen LogP contribution >= 0.6 is 27.5 Å². The van der Waals surface area contributed by atoms with Gasteiger partial charge in [0.25, 0.3) is 5.91 Å². The topological polar surface area (TPSA) is 20.3 Å². The van der Waals surface area contributed by atoms with E-state index in [1.54, 1.807) is 11.0 Å². The van der Waals surface area contributed by atoms with Crippen molar-refractivity contribution in [2.45, 2.75) is 6.54 Å². The molecule has 2 nitrogen and oxygen atoms in total. The molecule has 0 N–H and O–H groups in total. The van der Waals surface area contributed by atoms with Gasteiger partial charge >= 0.3 is 0 Å². The highest BCUT2D eigenvalue weighted by atomic mass is 79.9. The Hall–Kier alpha value is -1.39. The summed E-state index contributed by atoms with van der Waals surface area (Å²) in [5.41, 5.74) is 1.31. The monoisotopic (exact) mass is 369 g/mol. The molecule has 0 radical (unpaired) electrons. The van der Waals surface area contributed by atoms with Crippen LogP contribution in [0.1, 0.15) is 15.9 Å². The van der Waals surface area contributed by atoms with Gasteiger partial charge in [0.2, 0.25) is 0 Å². The molecule has 0 aliphatic rings. The molecule has 0 saturated heterocycles. The van der Waals surface area contributed by atoms with Crippen LogP contribution in [-0.2, 0) is 6.54 Å². The van der Waals surface area contributed by atoms with Gasteiger partial charge in [-0.25, -0.2) is 4.39 Å². The number of carbonyl (C=O) groups is 1. The van der Waals surface area contributed by atoms with E-state index in [4.69, 9.17) is 11.6 Å². The molecule has 2 aromatic carbocycles. The first-order valence-electron chi connectivity index (χ1n) is 6.45. The van der Waals surface area contributed by atoms with Gasteiger partial charge in [0.15, 0.2) is 0 Å². The van der Waals surface area contributed by atoms with Crippen LogP contribution in [0, 0.1) is 5.82 Å². The lowest BCUT2D eigenvalue weighted by Crippen LogP contribution is -2.32. The quantitative estimate of drug-likeness (QED) is 0.711. The van der Waals surface area contributed by atoms with Crippen molar-refractivity contribution in [3.63, 3.8) is 0 Å². The van der Waals surface area contributed by atoms with Crippen LogP contribution in [-0.4, -0.2) is 23.2 Å². The highest BCUT2D eigenvalue weighted by Crippen LogP contribution is 2.17. The maximum Gasteiger partial charge on any atom is 0.254 e. The van der Waals surface area contributed by atoms with Gasteiger partial charge < -0.3 is 4.90 Å². The van der Waals surface area contributed by atoms with Gasteiger partial charge in [-0.2, -0.15) is 0 Å². The van der Waals surface area contributed by atoms with E-state index in [9.17, 15) is 9.18 Å². The lowest BCUT2D eigenvalue weighted by Gasteiger charge is -2.22. The molecule has 1 amide bonds. The number of benzene rings is 2. The molecule has 0 aliphatic carbocycles. The second kappa shape index (κ2) is 7.57. The van der Waals surface area contributed by atoms with Crippen molar-refractivity contribution in [3.8, 4) is 0 Å². The lowest BCUT2D eigenvalue weighted by molar-refractivity contribution is 0.0753. The van der Waals surface area contributed by atoms with Crippen LogP contribution in [0.5, 0.6) is 0 Å². The molecule has 0 spiro atoms. The van der Waals surface area contributed by atoms with Gasteiger partial charge in [-0.1, -0.05) is 46.3 Å². The van der Waals surface area contributed by atoms with E-state index in [1.165, 1.54) is 12.1 Å². The number of rotatable bonds is 5. The number of hydrogen-bond acceptors (Lipinski definition) is 1. The Kier molecular flexibility index (Phi) is 5.76. The van der Waals surface area contributed by atoms with E-state index in [-0.39, 0.29) is 5.91 Å². The minimum Gasteiger partial charge on any atom is -0.333 e. The second-order valence-electron chi connectivity index (χ2n) is 4.56. The average molecular weight is 371 g/mol. The summed E-state index contributed by atoms with van der Waals surface area (Å²) in [6, 6.07) is 13.8. The maximum absolute atomic E-state index is 13.4. The van der Waals surface area contributed by atoms with E-state index in [1.807, 2.05) is 30.3 Å². The Morgan fingerprint density at radius 3 is 2.52 bits per heavy atom. The predicted octanol–water partition coefficient (Wildman–Crippen LogP) is 4.47. The number of hydrogen-bond donors (Lipinski definition) is 0. The Morgan fingerprint density at radius 1 is 1.19 bits per heavy atom. The van der Waals surface area contributed by atoms with E-state index in [2.05, 4.69) is 15.9 Å². The van der Waals surface area contributed by atoms with Crippen molar-refractivity contribution in [3.05, 3.63) is 69.9 Å². The fourth-order valence-corrected chi connectivity index (χ4v) is 2.69. The molecule has 21 heavy (non-hydrogen) atoms. The van der Waals surface area contributed by atoms with Crippen LogP contribution < -0.4 is 0 Å². The molecule has 0 aromatic heterocycles. The average Bonchev–Trinajstić information content (AvgIpc) is 2.46. The van der Waals surface area contributed by atoms with Crippen molar-refractivity contribution in [1.29, 1.82) is 0 Å². The van der Waals surface area contributed by atoms with Crippen LogP contribution in [0.15, 0.2) is 53.0 Å². The number of halogens is 3. The van der Waals surface area contributed by atoms with Gasteiger partial charge in [-0.05, 0) is 23.8 Å². The Morgan fingerprint density at radius 2 is 1.90 bits per heavy atom. The zero-order valence-corrected chi connectivity index (χ0v) is 13.6. The van der Waals surface area contributed by atoms with Crippen molar-refractivity contribution in [2.24, 2.45) is 0 Å². The standard InChI is InChI=1S/C16H14BrClFNO/c17-14-8-13(9-15(19)10-14)16(21)20(7-6-18)11-12-4-2-1-3-5-12/h1-5,8-10H,6-7,11H2. The summed E-state index contributed by atoms with van der Waals surface area (Å²) in [7, 11) is 0. The summed E-state index contributed by atoms with van der Waals surface area (Å²) >= 11 is 8.98. The fraction of sp³-hybridized carbons (Fsp3) is 0.188. The first kappa shape index (κ1) is 16.0. The highest BCUT2D eigenvalue weighted by molar-refractivity contribution is 9.10. The minimum absolute atomic E-state index is 0.236. The number of nitrogens with zero attached hydrogens (tertiary/aromatic N) is 1. The summed E-state index contributed by atoms with van der Waals surface area (Å²) in [5, 5.41) is 0. The molecular weight excluding hydrogens is 357 g/mol.